The molecule has 0 saturated carbocycles. The molecule has 10 heteroatoms. The molecule has 0 bridgehead atoms. The third-order valence-corrected chi connectivity index (χ3v) is 7.83. The average molecular weight is 561 g/mol. The Morgan fingerprint density at radius 3 is 2.51 bits per heavy atom. The van der Waals surface area contributed by atoms with Crippen molar-refractivity contribution in [3.63, 3.8) is 0 Å². The highest BCUT2D eigenvalue weighted by molar-refractivity contribution is 6.04. The van der Waals surface area contributed by atoms with Crippen LogP contribution in [-0.4, -0.2) is 71.3 Å². The van der Waals surface area contributed by atoms with Gasteiger partial charge in [-0.15, -0.1) is 6.58 Å². The van der Waals surface area contributed by atoms with E-state index in [0.29, 0.717) is 54.9 Å². The number of rotatable bonds is 8. The maximum atomic E-state index is 14.2. The van der Waals surface area contributed by atoms with Gasteiger partial charge in [-0.25, -0.2) is 9.18 Å². The van der Waals surface area contributed by atoms with Gasteiger partial charge in [0.2, 0.25) is 5.91 Å². The summed E-state index contributed by atoms with van der Waals surface area (Å²) in [6.45, 7) is 6.71. The summed E-state index contributed by atoms with van der Waals surface area (Å²) in [5.41, 5.74) is 1.83. The molecular weight excluding hydrogens is 527 g/mol. The van der Waals surface area contributed by atoms with Gasteiger partial charge in [-0.05, 0) is 43.0 Å². The van der Waals surface area contributed by atoms with Gasteiger partial charge in [0.15, 0.2) is 0 Å². The number of hydrogen-bond donors (Lipinski definition) is 1. The molecule has 41 heavy (non-hydrogen) atoms. The predicted octanol–water partition coefficient (Wildman–Crippen LogP) is 3.72. The number of esters is 1. The van der Waals surface area contributed by atoms with Crippen molar-refractivity contribution in [2.45, 2.75) is 31.8 Å². The molecule has 2 atom stereocenters. The zero-order valence-corrected chi connectivity index (χ0v) is 22.9. The van der Waals surface area contributed by atoms with E-state index in [-0.39, 0.29) is 30.9 Å². The third kappa shape index (κ3) is 5.46. The number of piperidine rings is 1. The lowest BCUT2D eigenvalue weighted by Gasteiger charge is -2.36. The summed E-state index contributed by atoms with van der Waals surface area (Å²) >= 11 is 0. The van der Waals surface area contributed by atoms with E-state index in [1.807, 2.05) is 6.07 Å². The van der Waals surface area contributed by atoms with Gasteiger partial charge in [-0.2, -0.15) is 0 Å². The van der Waals surface area contributed by atoms with Gasteiger partial charge in [-0.3, -0.25) is 19.3 Å². The molecule has 214 valence electrons. The molecule has 9 nitrogen and oxygen atoms in total. The minimum atomic E-state index is -0.956. The molecule has 1 N–H and O–H groups in total. The van der Waals surface area contributed by atoms with Crippen molar-refractivity contribution >= 4 is 23.8 Å². The number of likely N-dealkylation sites (tertiary alicyclic amines) is 1. The second-order valence-corrected chi connectivity index (χ2v) is 10.3. The van der Waals surface area contributed by atoms with E-state index in [9.17, 15) is 23.6 Å². The van der Waals surface area contributed by atoms with E-state index >= 15 is 0 Å². The molecular formula is C31H33FN4O5. The van der Waals surface area contributed by atoms with Crippen molar-refractivity contribution in [3.8, 4) is 0 Å². The average Bonchev–Trinajstić information content (AvgIpc) is 3.31. The van der Waals surface area contributed by atoms with Crippen molar-refractivity contribution in [1.29, 1.82) is 0 Å². The zero-order valence-electron chi connectivity index (χ0n) is 22.9. The smallest absolute Gasteiger partial charge is 0.322 e. The first-order chi connectivity index (χ1) is 19.8. The molecule has 3 heterocycles. The van der Waals surface area contributed by atoms with Crippen LogP contribution in [0.2, 0.25) is 0 Å². The summed E-state index contributed by atoms with van der Waals surface area (Å²) in [6.07, 6.45) is 2.51. The first-order valence-electron chi connectivity index (χ1n) is 13.8. The highest BCUT2D eigenvalue weighted by Crippen LogP contribution is 2.40. The highest BCUT2D eigenvalue weighted by Gasteiger charge is 2.48. The van der Waals surface area contributed by atoms with Crippen LogP contribution in [0, 0.1) is 11.7 Å². The van der Waals surface area contributed by atoms with Crippen LogP contribution in [0.3, 0.4) is 0 Å². The molecule has 4 amide bonds. The Labute approximate surface area is 238 Å². The Kier molecular flexibility index (Phi) is 8.19. The van der Waals surface area contributed by atoms with Crippen molar-refractivity contribution < 1.29 is 28.3 Å². The van der Waals surface area contributed by atoms with Crippen LogP contribution in [0.15, 0.2) is 78.5 Å². The molecule has 3 aliphatic rings. The molecule has 0 radical (unpaired) electrons. The minimum Gasteiger partial charge on any atom is -0.466 e. The second kappa shape index (κ2) is 12.0. The first kappa shape index (κ1) is 28.1. The number of carbonyl (C=O) groups excluding carboxylic acids is 4. The van der Waals surface area contributed by atoms with Crippen LogP contribution in [0.1, 0.15) is 43.0 Å². The van der Waals surface area contributed by atoms with Gasteiger partial charge in [-0.1, -0.05) is 48.5 Å². The molecule has 1 saturated heterocycles. The van der Waals surface area contributed by atoms with E-state index in [4.69, 9.17) is 4.74 Å². The molecule has 0 aromatic heterocycles. The minimum absolute atomic E-state index is 0.0197. The second-order valence-electron chi connectivity index (χ2n) is 10.3. The summed E-state index contributed by atoms with van der Waals surface area (Å²) in [6, 6.07) is 12.6. The number of urea groups is 1. The van der Waals surface area contributed by atoms with Gasteiger partial charge in [0.05, 0.1) is 36.4 Å². The number of amides is 4. The molecule has 0 unspecified atom stereocenters. The lowest BCUT2D eigenvalue weighted by molar-refractivity contribution is -0.152. The third-order valence-electron chi connectivity index (χ3n) is 7.83. The topological polar surface area (TPSA) is 99.3 Å². The molecule has 0 spiro atoms. The Morgan fingerprint density at radius 2 is 1.85 bits per heavy atom. The molecule has 0 aliphatic carbocycles. The Morgan fingerprint density at radius 1 is 1.12 bits per heavy atom. The summed E-state index contributed by atoms with van der Waals surface area (Å²) in [4.78, 5) is 58.4. The lowest BCUT2D eigenvalue weighted by Crippen LogP contribution is -2.48. The molecule has 5 rings (SSSR count). The molecule has 2 aromatic carbocycles. The van der Waals surface area contributed by atoms with Gasteiger partial charge in [0.1, 0.15) is 11.9 Å². The predicted molar refractivity (Wildman–Crippen MR) is 148 cm³/mol. The fourth-order valence-electron chi connectivity index (χ4n) is 5.84. The number of nitrogens with zero attached hydrogens (tertiary/aromatic N) is 3. The number of halogens is 1. The lowest BCUT2D eigenvalue weighted by atomic mass is 9.94. The van der Waals surface area contributed by atoms with Crippen LogP contribution in [-0.2, 0) is 19.1 Å². The van der Waals surface area contributed by atoms with Crippen molar-refractivity contribution in [2.24, 2.45) is 5.92 Å². The van der Waals surface area contributed by atoms with Crippen LogP contribution in [0.5, 0.6) is 0 Å². The van der Waals surface area contributed by atoms with Crippen molar-refractivity contribution in [2.75, 3.05) is 32.8 Å². The normalized spacial score (nSPS) is 20.0. The quantitative estimate of drug-likeness (QED) is 0.392. The maximum Gasteiger partial charge on any atom is 0.322 e. The van der Waals surface area contributed by atoms with E-state index in [2.05, 4.69) is 11.9 Å². The summed E-state index contributed by atoms with van der Waals surface area (Å²) in [5.74, 6) is -1.68. The van der Waals surface area contributed by atoms with E-state index in [1.165, 1.54) is 28.0 Å². The SMILES string of the molecule is C=CCN1C(=O)N[C@@H](c2cccc(F)c2)C2=C1CN([C@H](C(=O)N1CCC(C(=O)OCC)CC1)c1ccccc1)C2=O. The Balaban J connectivity index is 1.48. The van der Waals surface area contributed by atoms with Crippen LogP contribution >= 0.6 is 0 Å². The monoisotopic (exact) mass is 560 g/mol. The van der Waals surface area contributed by atoms with Gasteiger partial charge < -0.3 is 19.9 Å². The standard InChI is InChI=1S/C31H33FN4O5/c1-3-15-35-24-19-36(28(37)25(24)26(33-31(35)40)22-11-8-12-23(32)18-22)27(20-9-6-5-7-10-20)29(38)34-16-13-21(14-17-34)30(39)41-4-2/h3,5-12,18,21,26-27H,1,4,13-17,19H2,2H3,(H,33,40)/t26-,27-/m0/s1. The Bertz CT molecular complexity index is 1390. The van der Waals surface area contributed by atoms with Crippen molar-refractivity contribution in [3.05, 3.63) is 95.5 Å². The molecule has 1 fully saturated rings. The van der Waals surface area contributed by atoms with Gasteiger partial charge in [0.25, 0.3) is 5.91 Å². The molecule has 3 aliphatic heterocycles. The Hall–Kier alpha value is -4.47. The van der Waals surface area contributed by atoms with Crippen LogP contribution in [0.25, 0.3) is 0 Å². The summed E-state index contributed by atoms with van der Waals surface area (Å²) < 4.78 is 19.4. The number of benzene rings is 2. The number of ether oxygens (including phenoxy) is 1. The molecule has 2 aromatic rings. The van der Waals surface area contributed by atoms with E-state index in [1.54, 1.807) is 48.2 Å². The highest BCUT2D eigenvalue weighted by atomic mass is 19.1. The largest absolute Gasteiger partial charge is 0.466 e. The fraction of sp³-hybridized carbons (Fsp3) is 0.355. The fourth-order valence-corrected chi connectivity index (χ4v) is 5.84. The van der Waals surface area contributed by atoms with Crippen LogP contribution < -0.4 is 5.32 Å². The van der Waals surface area contributed by atoms with E-state index in [0.717, 1.165) is 0 Å². The first-order valence-corrected chi connectivity index (χ1v) is 13.8. The van der Waals surface area contributed by atoms with E-state index < -0.39 is 29.8 Å². The van der Waals surface area contributed by atoms with Gasteiger partial charge in [0, 0.05) is 19.6 Å². The summed E-state index contributed by atoms with van der Waals surface area (Å²) in [5, 5.41) is 2.84. The number of nitrogens with one attached hydrogen (secondary N) is 1. The number of carbonyl (C=O) groups is 4. The maximum absolute atomic E-state index is 14.2. The number of hydrogen-bond acceptors (Lipinski definition) is 5. The van der Waals surface area contributed by atoms with Crippen LogP contribution in [0.4, 0.5) is 9.18 Å². The van der Waals surface area contributed by atoms with Gasteiger partial charge >= 0.3 is 12.0 Å². The zero-order chi connectivity index (χ0) is 29.1. The van der Waals surface area contributed by atoms with Crippen molar-refractivity contribution in [1.82, 2.24) is 20.0 Å². The summed E-state index contributed by atoms with van der Waals surface area (Å²) in [7, 11) is 0.